The van der Waals surface area contributed by atoms with Crippen molar-refractivity contribution in [1.82, 2.24) is 9.99 Å². The summed E-state index contributed by atoms with van der Waals surface area (Å²) in [5, 5.41) is 8.43. The zero-order chi connectivity index (χ0) is 19.1. The first kappa shape index (κ1) is 16.3. The Labute approximate surface area is 162 Å². The lowest BCUT2D eigenvalue weighted by Crippen LogP contribution is -2.25. The molecule has 2 amide bonds. The number of hydrogen-bond donors (Lipinski definition) is 2. The molecule has 5 rings (SSSR count). The molecule has 28 heavy (non-hydrogen) atoms. The van der Waals surface area contributed by atoms with E-state index in [1.165, 1.54) is 0 Å². The lowest BCUT2D eigenvalue weighted by molar-refractivity contribution is 0.252. The van der Waals surface area contributed by atoms with Gasteiger partial charge in [0.05, 0.1) is 5.69 Å². The average molecular weight is 366 g/mol. The maximum absolute atomic E-state index is 12.3. The van der Waals surface area contributed by atoms with Crippen molar-refractivity contribution in [2.45, 2.75) is 0 Å². The topological polar surface area (TPSA) is 58.4 Å². The molecule has 2 N–H and O–H groups in total. The smallest absolute Gasteiger partial charge is 0.339 e. The van der Waals surface area contributed by atoms with E-state index < -0.39 is 0 Å². The van der Waals surface area contributed by atoms with Gasteiger partial charge in [0, 0.05) is 40.3 Å². The second-order valence-corrected chi connectivity index (χ2v) is 6.74. The number of hydrazone groups is 1. The molecule has 1 aliphatic carbocycles. The van der Waals surface area contributed by atoms with Crippen LogP contribution in [0.3, 0.4) is 0 Å². The molecular weight excluding hydrogens is 348 g/mol. The van der Waals surface area contributed by atoms with Crippen LogP contribution in [0.25, 0.3) is 22.2 Å². The van der Waals surface area contributed by atoms with Crippen LogP contribution >= 0.6 is 0 Å². The van der Waals surface area contributed by atoms with Crippen LogP contribution in [-0.4, -0.2) is 16.3 Å². The summed E-state index contributed by atoms with van der Waals surface area (Å²) in [7, 11) is 2.07. The van der Waals surface area contributed by atoms with Gasteiger partial charge in [0.25, 0.3) is 0 Å². The predicted octanol–water partition coefficient (Wildman–Crippen LogP) is 4.73. The molecule has 0 saturated carbocycles. The zero-order valence-corrected chi connectivity index (χ0v) is 15.3. The Bertz CT molecular complexity index is 1240. The fraction of sp³-hybridized carbons (Fsp3) is 0.0435. The minimum atomic E-state index is -0.370. The number of urea groups is 1. The Morgan fingerprint density at radius 2 is 1.54 bits per heavy atom. The van der Waals surface area contributed by atoms with E-state index in [1.54, 1.807) is 0 Å². The average Bonchev–Trinajstić information content (AvgIpc) is 3.21. The summed E-state index contributed by atoms with van der Waals surface area (Å²) in [4.78, 5) is 12.3. The number of aryl methyl sites for hydroxylation is 1. The molecule has 0 spiro atoms. The van der Waals surface area contributed by atoms with Gasteiger partial charge in [-0.2, -0.15) is 5.10 Å². The van der Waals surface area contributed by atoms with Gasteiger partial charge in [-0.05, 0) is 18.2 Å². The third kappa shape index (κ3) is 2.48. The van der Waals surface area contributed by atoms with Gasteiger partial charge >= 0.3 is 6.03 Å². The Kier molecular flexibility index (Phi) is 3.72. The highest BCUT2D eigenvalue weighted by Gasteiger charge is 2.30. The number of para-hydroxylation sites is 2. The Hall–Kier alpha value is -3.86. The Morgan fingerprint density at radius 1 is 0.857 bits per heavy atom. The third-order valence-corrected chi connectivity index (χ3v) is 5.08. The lowest BCUT2D eigenvalue weighted by atomic mass is 10.1. The van der Waals surface area contributed by atoms with Crippen molar-refractivity contribution in [3.8, 4) is 11.3 Å². The van der Waals surface area contributed by atoms with Crippen molar-refractivity contribution < 1.29 is 4.79 Å². The second-order valence-electron chi connectivity index (χ2n) is 6.74. The molecule has 0 atom stereocenters. The van der Waals surface area contributed by atoms with Crippen LogP contribution in [0, 0.1) is 0 Å². The van der Waals surface area contributed by atoms with Gasteiger partial charge in [0.1, 0.15) is 5.71 Å². The molecule has 1 aromatic heterocycles. The first-order valence-electron chi connectivity index (χ1n) is 9.11. The molecule has 4 aromatic rings. The number of aromatic nitrogens is 1. The molecule has 0 bridgehead atoms. The van der Waals surface area contributed by atoms with Crippen LogP contribution in [0.4, 0.5) is 10.5 Å². The molecule has 5 heteroatoms. The summed E-state index contributed by atoms with van der Waals surface area (Å²) in [6, 6.07) is 25.4. The van der Waals surface area contributed by atoms with Crippen LogP contribution in [0.1, 0.15) is 11.1 Å². The number of rotatable bonds is 2. The molecule has 0 unspecified atom stereocenters. The molecular formula is C23H18N4O. The summed E-state index contributed by atoms with van der Waals surface area (Å²) < 4.78 is 2.19. The van der Waals surface area contributed by atoms with Crippen molar-refractivity contribution >= 4 is 28.3 Å². The van der Waals surface area contributed by atoms with Crippen LogP contribution < -0.4 is 10.7 Å². The molecule has 0 saturated heterocycles. The van der Waals surface area contributed by atoms with Gasteiger partial charge in [-0.25, -0.2) is 10.2 Å². The highest BCUT2D eigenvalue weighted by molar-refractivity contribution is 6.30. The van der Waals surface area contributed by atoms with Gasteiger partial charge in [0.15, 0.2) is 0 Å². The molecule has 0 aliphatic heterocycles. The van der Waals surface area contributed by atoms with E-state index in [1.807, 2.05) is 60.7 Å². The maximum atomic E-state index is 12.3. The number of benzene rings is 3. The van der Waals surface area contributed by atoms with Crippen LogP contribution in [0.2, 0.25) is 0 Å². The van der Waals surface area contributed by atoms with Crippen LogP contribution in [0.15, 0.2) is 84.0 Å². The van der Waals surface area contributed by atoms with Crippen molar-refractivity contribution in [3.63, 3.8) is 0 Å². The zero-order valence-electron chi connectivity index (χ0n) is 15.3. The quantitative estimate of drug-likeness (QED) is 0.436. The largest absolute Gasteiger partial charge is 0.343 e. The SMILES string of the molecule is Cn1c2c(c3ccccc31)/C(=N/NC(=O)Nc1ccccc1)c1ccccc1-2. The van der Waals surface area contributed by atoms with Crippen LogP contribution in [-0.2, 0) is 7.05 Å². The molecule has 1 aliphatic rings. The number of fused-ring (bicyclic) bond motifs is 5. The van der Waals surface area contributed by atoms with E-state index in [0.717, 1.165) is 44.7 Å². The summed E-state index contributed by atoms with van der Waals surface area (Å²) in [6.07, 6.45) is 0. The van der Waals surface area contributed by atoms with Crippen molar-refractivity contribution in [2.24, 2.45) is 12.1 Å². The highest BCUT2D eigenvalue weighted by Crippen LogP contribution is 2.42. The highest BCUT2D eigenvalue weighted by atomic mass is 16.2. The number of carbonyl (C=O) groups is 1. The van der Waals surface area contributed by atoms with E-state index in [2.05, 4.69) is 45.7 Å². The van der Waals surface area contributed by atoms with E-state index in [9.17, 15) is 4.79 Å². The number of nitrogens with zero attached hydrogens (tertiary/aromatic N) is 2. The number of carbonyl (C=O) groups excluding carboxylic acids is 1. The summed E-state index contributed by atoms with van der Waals surface area (Å²) in [6.45, 7) is 0. The standard InChI is InChI=1S/C23H18N4O/c1-27-19-14-8-7-13-18(19)20-21(16-11-5-6-12-17(16)22(20)27)25-26-23(28)24-15-9-3-2-4-10-15/h2-14H,1H3,(H2,24,26,28)/b25-21+. The van der Waals surface area contributed by atoms with Gasteiger partial charge in [-0.3, -0.25) is 0 Å². The molecule has 0 radical (unpaired) electrons. The second kappa shape index (κ2) is 6.39. The molecule has 0 fully saturated rings. The summed E-state index contributed by atoms with van der Waals surface area (Å²) in [5.41, 5.74) is 9.63. The first-order valence-corrected chi connectivity index (χ1v) is 9.11. The number of anilines is 1. The van der Waals surface area contributed by atoms with Crippen molar-refractivity contribution in [2.75, 3.05) is 5.32 Å². The number of nitrogens with one attached hydrogen (secondary N) is 2. The monoisotopic (exact) mass is 366 g/mol. The number of hydrogen-bond acceptors (Lipinski definition) is 2. The Morgan fingerprint density at radius 3 is 2.36 bits per heavy atom. The van der Waals surface area contributed by atoms with E-state index in [0.29, 0.717) is 0 Å². The van der Waals surface area contributed by atoms with Gasteiger partial charge in [-0.1, -0.05) is 60.7 Å². The summed E-state index contributed by atoms with van der Waals surface area (Å²) in [5.74, 6) is 0. The Balaban J connectivity index is 1.58. The third-order valence-electron chi connectivity index (χ3n) is 5.08. The molecule has 3 aromatic carbocycles. The first-order chi connectivity index (χ1) is 13.7. The minimum absolute atomic E-state index is 0.370. The van der Waals surface area contributed by atoms with E-state index in [4.69, 9.17) is 0 Å². The summed E-state index contributed by atoms with van der Waals surface area (Å²) >= 11 is 0. The predicted molar refractivity (Wildman–Crippen MR) is 113 cm³/mol. The fourth-order valence-electron chi connectivity index (χ4n) is 3.88. The van der Waals surface area contributed by atoms with Gasteiger partial charge < -0.3 is 9.88 Å². The fourth-order valence-corrected chi connectivity index (χ4v) is 3.88. The minimum Gasteiger partial charge on any atom is -0.343 e. The van der Waals surface area contributed by atoms with Crippen molar-refractivity contribution in [3.05, 3.63) is 90.0 Å². The van der Waals surface area contributed by atoms with Gasteiger partial charge in [0.2, 0.25) is 0 Å². The molecule has 1 heterocycles. The van der Waals surface area contributed by atoms with Crippen molar-refractivity contribution in [1.29, 1.82) is 0 Å². The van der Waals surface area contributed by atoms with E-state index >= 15 is 0 Å². The maximum Gasteiger partial charge on any atom is 0.339 e. The van der Waals surface area contributed by atoms with Gasteiger partial charge in [-0.15, -0.1) is 0 Å². The van der Waals surface area contributed by atoms with Crippen LogP contribution in [0.5, 0.6) is 0 Å². The molecule has 136 valence electrons. The number of amides is 2. The molecule has 5 nitrogen and oxygen atoms in total. The van der Waals surface area contributed by atoms with E-state index in [-0.39, 0.29) is 6.03 Å². The normalized spacial score (nSPS) is 13.4. The lowest BCUT2D eigenvalue weighted by Gasteiger charge is -2.07.